The summed E-state index contributed by atoms with van der Waals surface area (Å²) >= 11 is 3.13. The number of aryl methyl sites for hydroxylation is 1. The number of hydrogen-bond acceptors (Lipinski definition) is 4. The molecule has 0 bridgehead atoms. The predicted molar refractivity (Wildman–Crippen MR) is 61.3 cm³/mol. The van der Waals surface area contributed by atoms with E-state index in [1.807, 2.05) is 12.1 Å². The highest BCUT2D eigenvalue weighted by Gasteiger charge is 2.13. The summed E-state index contributed by atoms with van der Waals surface area (Å²) in [5.74, 6) is 1.43. The van der Waals surface area contributed by atoms with Gasteiger partial charge in [-0.1, -0.05) is 6.07 Å². The summed E-state index contributed by atoms with van der Waals surface area (Å²) in [5, 5.41) is 7.68. The molecule has 0 saturated carbocycles. The number of aromatic nitrogens is 2. The molecule has 0 spiro atoms. The molecule has 2 aromatic rings. The van der Waals surface area contributed by atoms with E-state index in [9.17, 15) is 0 Å². The minimum Gasteiger partial charge on any atom is -0.493 e. The predicted octanol–water partition coefficient (Wildman–Crippen LogP) is 2.82. The fraction of sp³-hybridized carbons (Fsp3) is 0.273. The van der Waals surface area contributed by atoms with Gasteiger partial charge in [-0.3, -0.25) is 0 Å². The largest absolute Gasteiger partial charge is 0.493 e. The maximum atomic E-state index is 5.59. The first kappa shape index (κ1) is 9.84. The molecule has 0 unspecified atom stereocenters. The first-order chi connectivity index (χ1) is 7.83. The van der Waals surface area contributed by atoms with Crippen molar-refractivity contribution in [3.05, 3.63) is 28.6 Å². The summed E-state index contributed by atoms with van der Waals surface area (Å²) in [4.78, 5) is 0.390. The third kappa shape index (κ3) is 1.71. The number of fused-ring (bicyclic) bond motifs is 1. The van der Waals surface area contributed by atoms with Gasteiger partial charge in [-0.15, -0.1) is 10.2 Å². The fourth-order valence-corrected chi connectivity index (χ4v) is 2.03. The summed E-state index contributed by atoms with van der Waals surface area (Å²) in [6.45, 7) is 0.782. The standard InChI is InChI=1S/C11H9BrN2O2/c12-11-14-13-10(16-11)8-4-3-7-2-1-5-15-9(7)6-8/h3-4,6H,1-2,5H2. The molecule has 1 aromatic heterocycles. The van der Waals surface area contributed by atoms with Crippen molar-refractivity contribution in [2.45, 2.75) is 12.8 Å². The molecule has 1 aliphatic rings. The second kappa shape index (κ2) is 3.90. The Kier molecular flexibility index (Phi) is 2.40. The quantitative estimate of drug-likeness (QED) is 0.806. The van der Waals surface area contributed by atoms with Gasteiger partial charge in [-0.2, -0.15) is 0 Å². The van der Waals surface area contributed by atoms with Gasteiger partial charge in [0.1, 0.15) is 5.75 Å². The Morgan fingerprint density at radius 3 is 3.00 bits per heavy atom. The van der Waals surface area contributed by atoms with Crippen LogP contribution in [0.15, 0.2) is 27.4 Å². The third-order valence-corrected chi connectivity index (χ3v) is 2.88. The van der Waals surface area contributed by atoms with Crippen molar-refractivity contribution in [1.29, 1.82) is 0 Å². The van der Waals surface area contributed by atoms with E-state index in [2.05, 4.69) is 32.2 Å². The minimum atomic E-state index is 0.390. The Balaban J connectivity index is 2.02. The molecule has 5 heteroatoms. The molecule has 1 aromatic carbocycles. The number of halogens is 1. The van der Waals surface area contributed by atoms with Gasteiger partial charge in [0, 0.05) is 21.5 Å². The van der Waals surface area contributed by atoms with Crippen LogP contribution < -0.4 is 4.74 Å². The lowest BCUT2D eigenvalue weighted by atomic mass is 10.0. The normalized spacial score (nSPS) is 14.3. The molecule has 2 heterocycles. The van der Waals surface area contributed by atoms with E-state index in [-0.39, 0.29) is 0 Å². The molecule has 0 N–H and O–H groups in total. The van der Waals surface area contributed by atoms with Crippen LogP contribution in [0.1, 0.15) is 12.0 Å². The molecular weight excluding hydrogens is 272 g/mol. The second-order valence-electron chi connectivity index (χ2n) is 3.63. The van der Waals surface area contributed by atoms with Gasteiger partial charge in [-0.25, -0.2) is 0 Å². The van der Waals surface area contributed by atoms with Crippen LogP contribution in [0.4, 0.5) is 0 Å². The average molecular weight is 281 g/mol. The van der Waals surface area contributed by atoms with Crippen LogP contribution in [0.3, 0.4) is 0 Å². The van der Waals surface area contributed by atoms with Gasteiger partial charge in [0.25, 0.3) is 4.80 Å². The molecule has 0 radical (unpaired) electrons. The number of ether oxygens (including phenoxy) is 1. The zero-order valence-corrected chi connectivity index (χ0v) is 10.0. The highest BCUT2D eigenvalue weighted by Crippen LogP contribution is 2.30. The Hall–Kier alpha value is -1.36. The SMILES string of the molecule is Brc1nnc(-c2ccc3c(c2)OCCC3)o1. The summed E-state index contributed by atoms with van der Waals surface area (Å²) < 4.78 is 10.9. The maximum absolute atomic E-state index is 5.59. The van der Waals surface area contributed by atoms with E-state index >= 15 is 0 Å². The van der Waals surface area contributed by atoms with E-state index in [1.54, 1.807) is 0 Å². The Labute approximate surface area is 101 Å². The van der Waals surface area contributed by atoms with Crippen molar-refractivity contribution in [2.75, 3.05) is 6.61 Å². The molecule has 4 nitrogen and oxygen atoms in total. The number of benzene rings is 1. The fourth-order valence-electron chi connectivity index (χ4n) is 1.80. The van der Waals surface area contributed by atoms with Crippen LogP contribution in [-0.2, 0) is 6.42 Å². The zero-order valence-electron chi connectivity index (χ0n) is 8.44. The van der Waals surface area contributed by atoms with Crippen LogP contribution in [0, 0.1) is 0 Å². The van der Waals surface area contributed by atoms with E-state index in [1.165, 1.54) is 5.56 Å². The first-order valence-electron chi connectivity index (χ1n) is 5.08. The van der Waals surface area contributed by atoms with Crippen LogP contribution in [0.2, 0.25) is 0 Å². The summed E-state index contributed by atoms with van der Waals surface area (Å²) in [6.07, 6.45) is 2.15. The molecule has 16 heavy (non-hydrogen) atoms. The maximum Gasteiger partial charge on any atom is 0.285 e. The molecule has 82 valence electrons. The van der Waals surface area contributed by atoms with Gasteiger partial charge in [0.2, 0.25) is 5.89 Å². The highest BCUT2D eigenvalue weighted by atomic mass is 79.9. The smallest absolute Gasteiger partial charge is 0.285 e. The zero-order chi connectivity index (χ0) is 11.0. The molecule has 0 saturated heterocycles. The van der Waals surface area contributed by atoms with Crippen molar-refractivity contribution >= 4 is 15.9 Å². The van der Waals surface area contributed by atoms with Crippen molar-refractivity contribution in [2.24, 2.45) is 0 Å². The lowest BCUT2D eigenvalue weighted by Crippen LogP contribution is -2.07. The summed E-state index contributed by atoms with van der Waals surface area (Å²) in [6, 6.07) is 5.99. The second-order valence-corrected chi connectivity index (χ2v) is 4.31. The van der Waals surface area contributed by atoms with Gasteiger partial charge < -0.3 is 9.15 Å². The molecule has 3 rings (SSSR count). The molecule has 1 aliphatic heterocycles. The molecular formula is C11H9BrN2O2. The van der Waals surface area contributed by atoms with E-state index < -0.39 is 0 Å². The number of hydrogen-bond donors (Lipinski definition) is 0. The van der Waals surface area contributed by atoms with Crippen molar-refractivity contribution in [3.8, 4) is 17.2 Å². The lowest BCUT2D eigenvalue weighted by molar-refractivity contribution is 0.288. The molecule has 0 fully saturated rings. The van der Waals surface area contributed by atoms with E-state index in [4.69, 9.17) is 9.15 Å². The van der Waals surface area contributed by atoms with Gasteiger partial charge in [0.15, 0.2) is 0 Å². The molecule has 0 aliphatic carbocycles. The average Bonchev–Trinajstić information content (AvgIpc) is 2.75. The van der Waals surface area contributed by atoms with Crippen molar-refractivity contribution in [3.63, 3.8) is 0 Å². The highest BCUT2D eigenvalue weighted by molar-refractivity contribution is 9.10. The molecule has 0 amide bonds. The van der Waals surface area contributed by atoms with E-state index in [0.29, 0.717) is 10.7 Å². The minimum absolute atomic E-state index is 0.390. The van der Waals surface area contributed by atoms with Crippen molar-refractivity contribution in [1.82, 2.24) is 10.2 Å². The first-order valence-corrected chi connectivity index (χ1v) is 5.87. The lowest BCUT2D eigenvalue weighted by Gasteiger charge is -2.17. The van der Waals surface area contributed by atoms with Crippen molar-refractivity contribution < 1.29 is 9.15 Å². The number of rotatable bonds is 1. The Morgan fingerprint density at radius 2 is 2.19 bits per heavy atom. The van der Waals surface area contributed by atoms with Crippen LogP contribution in [-0.4, -0.2) is 16.8 Å². The van der Waals surface area contributed by atoms with Crippen LogP contribution in [0.25, 0.3) is 11.5 Å². The van der Waals surface area contributed by atoms with Gasteiger partial charge in [-0.05, 0) is 30.5 Å². The summed E-state index contributed by atoms with van der Waals surface area (Å²) in [5.41, 5.74) is 2.13. The van der Waals surface area contributed by atoms with Gasteiger partial charge >= 0.3 is 0 Å². The van der Waals surface area contributed by atoms with E-state index in [0.717, 1.165) is 30.8 Å². The monoisotopic (exact) mass is 280 g/mol. The molecule has 0 atom stereocenters. The topological polar surface area (TPSA) is 48.2 Å². The van der Waals surface area contributed by atoms with Gasteiger partial charge in [0.05, 0.1) is 6.61 Å². The summed E-state index contributed by atoms with van der Waals surface area (Å²) in [7, 11) is 0. The Bertz CT molecular complexity index is 524. The third-order valence-electron chi connectivity index (χ3n) is 2.56. The van der Waals surface area contributed by atoms with Crippen LogP contribution in [0.5, 0.6) is 5.75 Å². The number of nitrogens with zero attached hydrogens (tertiary/aromatic N) is 2. The Morgan fingerprint density at radius 1 is 1.25 bits per heavy atom. The van der Waals surface area contributed by atoms with Crippen LogP contribution >= 0.6 is 15.9 Å².